The minimum atomic E-state index is -0.532. The van der Waals surface area contributed by atoms with Gasteiger partial charge in [0, 0.05) is 11.8 Å². The smallest absolute Gasteiger partial charge is 0.237 e. The van der Waals surface area contributed by atoms with Gasteiger partial charge in [0.25, 0.3) is 0 Å². The third-order valence-corrected chi connectivity index (χ3v) is 4.65. The Morgan fingerprint density at radius 2 is 2.21 bits per heavy atom. The van der Waals surface area contributed by atoms with E-state index >= 15 is 0 Å². The van der Waals surface area contributed by atoms with E-state index in [1.54, 1.807) is 24.3 Å². The lowest BCUT2D eigenvalue weighted by Gasteiger charge is -2.14. The van der Waals surface area contributed by atoms with Crippen molar-refractivity contribution in [2.45, 2.75) is 30.6 Å². The average molecular weight is 280 g/mol. The second-order valence-corrected chi connectivity index (χ2v) is 6.27. The second kappa shape index (κ2) is 6.82. The highest BCUT2D eigenvalue weighted by Crippen LogP contribution is 2.25. The van der Waals surface area contributed by atoms with Gasteiger partial charge in [-0.2, -0.15) is 11.8 Å². The maximum atomic E-state index is 11.9. The molecule has 104 valence electrons. The number of carbonyl (C=O) groups excluding carboxylic acids is 1. The highest BCUT2D eigenvalue weighted by Gasteiger charge is 2.19. The Kier molecular flexibility index (Phi) is 5.10. The van der Waals surface area contributed by atoms with Crippen molar-refractivity contribution >= 4 is 17.7 Å². The second-order valence-electron chi connectivity index (χ2n) is 4.86. The monoisotopic (exact) mass is 280 g/mol. The summed E-state index contributed by atoms with van der Waals surface area (Å²) in [4.78, 5) is 11.9. The number of thioether (sulfide) groups is 1. The molecule has 1 aliphatic rings. The van der Waals surface area contributed by atoms with Crippen LogP contribution >= 0.6 is 11.8 Å². The van der Waals surface area contributed by atoms with Crippen LogP contribution in [0.4, 0.5) is 0 Å². The summed E-state index contributed by atoms with van der Waals surface area (Å²) in [6, 6.07) is 6.26. The van der Waals surface area contributed by atoms with Gasteiger partial charge in [-0.3, -0.25) is 4.79 Å². The fourth-order valence-corrected chi connectivity index (χ4v) is 3.33. The van der Waals surface area contributed by atoms with E-state index < -0.39 is 6.04 Å². The van der Waals surface area contributed by atoms with Crippen LogP contribution in [0.1, 0.15) is 18.4 Å². The summed E-state index contributed by atoms with van der Waals surface area (Å²) in [7, 11) is 0. The normalized spacial score (nSPS) is 20.2. The third-order valence-electron chi connectivity index (χ3n) is 3.26. The van der Waals surface area contributed by atoms with Crippen molar-refractivity contribution in [2.24, 2.45) is 5.73 Å². The van der Waals surface area contributed by atoms with Crippen LogP contribution in [0.25, 0.3) is 0 Å². The lowest BCUT2D eigenvalue weighted by atomic mass is 10.1. The quantitative estimate of drug-likeness (QED) is 0.759. The van der Waals surface area contributed by atoms with Crippen LogP contribution in [0.5, 0.6) is 5.75 Å². The Morgan fingerprint density at radius 1 is 1.47 bits per heavy atom. The number of carbonyl (C=O) groups is 1. The minimum Gasteiger partial charge on any atom is -0.508 e. The van der Waals surface area contributed by atoms with Gasteiger partial charge in [0.2, 0.25) is 5.91 Å². The van der Waals surface area contributed by atoms with Gasteiger partial charge in [0.1, 0.15) is 5.75 Å². The number of hydrogen-bond acceptors (Lipinski definition) is 4. The molecular weight excluding hydrogens is 260 g/mol. The SMILES string of the molecule is N[C@H](Cc1ccc(O)cc1)C(=O)NCC1CCCS1. The van der Waals surface area contributed by atoms with E-state index in [1.165, 1.54) is 18.6 Å². The zero-order chi connectivity index (χ0) is 13.7. The third kappa shape index (κ3) is 4.44. The number of nitrogens with one attached hydrogen (secondary N) is 1. The number of aromatic hydroxyl groups is 1. The van der Waals surface area contributed by atoms with E-state index in [2.05, 4.69) is 5.32 Å². The van der Waals surface area contributed by atoms with Crippen LogP contribution in [0.15, 0.2) is 24.3 Å². The molecule has 1 saturated heterocycles. The maximum Gasteiger partial charge on any atom is 0.237 e. The van der Waals surface area contributed by atoms with E-state index in [9.17, 15) is 9.90 Å². The van der Waals surface area contributed by atoms with Gasteiger partial charge in [-0.05, 0) is 42.7 Å². The first-order valence-corrected chi connectivity index (χ1v) is 7.63. The molecule has 0 saturated carbocycles. The number of amides is 1. The summed E-state index contributed by atoms with van der Waals surface area (Å²) in [5.41, 5.74) is 6.85. The molecule has 1 heterocycles. The molecule has 4 N–H and O–H groups in total. The fourth-order valence-electron chi connectivity index (χ4n) is 2.13. The molecule has 1 unspecified atom stereocenters. The molecule has 2 rings (SSSR count). The topological polar surface area (TPSA) is 75.3 Å². The Balaban J connectivity index is 1.76. The van der Waals surface area contributed by atoms with Crippen LogP contribution in [-0.2, 0) is 11.2 Å². The molecule has 2 atom stereocenters. The predicted octanol–water partition coefficient (Wildman–Crippen LogP) is 1.27. The largest absolute Gasteiger partial charge is 0.508 e. The molecule has 5 heteroatoms. The van der Waals surface area contributed by atoms with Gasteiger partial charge in [0.15, 0.2) is 0 Å². The molecule has 0 aliphatic carbocycles. The first-order valence-electron chi connectivity index (χ1n) is 6.58. The van der Waals surface area contributed by atoms with Crippen LogP contribution in [0, 0.1) is 0 Å². The molecule has 1 fully saturated rings. The zero-order valence-electron chi connectivity index (χ0n) is 10.8. The van der Waals surface area contributed by atoms with Crippen molar-refractivity contribution < 1.29 is 9.90 Å². The van der Waals surface area contributed by atoms with E-state index in [4.69, 9.17) is 5.73 Å². The summed E-state index contributed by atoms with van der Waals surface area (Å²) in [5.74, 6) is 1.32. The van der Waals surface area contributed by atoms with E-state index in [-0.39, 0.29) is 11.7 Å². The highest BCUT2D eigenvalue weighted by atomic mass is 32.2. The Hall–Kier alpha value is -1.20. The molecule has 0 radical (unpaired) electrons. The van der Waals surface area contributed by atoms with Crippen LogP contribution in [0.3, 0.4) is 0 Å². The molecule has 1 aromatic carbocycles. The Morgan fingerprint density at radius 3 is 2.84 bits per heavy atom. The lowest BCUT2D eigenvalue weighted by molar-refractivity contribution is -0.122. The van der Waals surface area contributed by atoms with E-state index in [0.29, 0.717) is 18.2 Å². The molecule has 19 heavy (non-hydrogen) atoms. The minimum absolute atomic E-state index is 0.0967. The zero-order valence-corrected chi connectivity index (χ0v) is 11.7. The molecule has 1 amide bonds. The summed E-state index contributed by atoms with van der Waals surface area (Å²) >= 11 is 1.92. The van der Waals surface area contributed by atoms with Gasteiger partial charge in [0.05, 0.1) is 6.04 Å². The number of hydrogen-bond donors (Lipinski definition) is 3. The van der Waals surface area contributed by atoms with Gasteiger partial charge in [-0.15, -0.1) is 0 Å². The van der Waals surface area contributed by atoms with Crippen LogP contribution in [0.2, 0.25) is 0 Å². The molecule has 1 aliphatic heterocycles. The van der Waals surface area contributed by atoms with E-state index in [0.717, 1.165) is 5.56 Å². The van der Waals surface area contributed by atoms with Crippen molar-refractivity contribution in [1.82, 2.24) is 5.32 Å². The first kappa shape index (κ1) is 14.2. The summed E-state index contributed by atoms with van der Waals surface area (Å²) in [5, 5.41) is 12.7. The van der Waals surface area contributed by atoms with Crippen molar-refractivity contribution in [3.8, 4) is 5.75 Å². The number of phenolic OH excluding ortho intramolecular Hbond substituents is 1. The predicted molar refractivity (Wildman–Crippen MR) is 78.3 cm³/mol. The van der Waals surface area contributed by atoms with Gasteiger partial charge >= 0.3 is 0 Å². The highest BCUT2D eigenvalue weighted by molar-refractivity contribution is 8.00. The summed E-state index contributed by atoms with van der Waals surface area (Å²) < 4.78 is 0. The van der Waals surface area contributed by atoms with Gasteiger partial charge < -0.3 is 16.2 Å². The summed E-state index contributed by atoms with van der Waals surface area (Å²) in [6.45, 7) is 0.715. The molecule has 0 spiro atoms. The van der Waals surface area contributed by atoms with Crippen molar-refractivity contribution in [3.63, 3.8) is 0 Å². The number of nitrogens with two attached hydrogens (primary N) is 1. The number of rotatable bonds is 5. The first-order chi connectivity index (χ1) is 9.15. The Labute approximate surface area is 117 Å². The van der Waals surface area contributed by atoms with E-state index in [1.807, 2.05) is 11.8 Å². The molecular formula is C14H20N2O2S. The maximum absolute atomic E-state index is 11.9. The lowest BCUT2D eigenvalue weighted by Crippen LogP contribution is -2.43. The van der Waals surface area contributed by atoms with Crippen molar-refractivity contribution in [1.29, 1.82) is 0 Å². The van der Waals surface area contributed by atoms with Crippen molar-refractivity contribution in [3.05, 3.63) is 29.8 Å². The molecule has 0 bridgehead atoms. The van der Waals surface area contributed by atoms with Crippen LogP contribution in [-0.4, -0.2) is 34.6 Å². The van der Waals surface area contributed by atoms with Crippen LogP contribution < -0.4 is 11.1 Å². The fraction of sp³-hybridized carbons (Fsp3) is 0.500. The summed E-state index contributed by atoms with van der Waals surface area (Å²) in [6.07, 6.45) is 2.91. The average Bonchev–Trinajstić information content (AvgIpc) is 2.91. The standard InChI is InChI=1S/C14H20N2O2S/c15-13(8-10-3-5-11(17)6-4-10)14(18)16-9-12-2-1-7-19-12/h3-6,12-13,17H,1-2,7-9,15H2,(H,16,18)/t12?,13-/m1/s1. The Bertz CT molecular complexity index is 416. The van der Waals surface area contributed by atoms with Crippen molar-refractivity contribution in [2.75, 3.05) is 12.3 Å². The molecule has 0 aromatic heterocycles. The van der Waals surface area contributed by atoms with Gasteiger partial charge in [-0.25, -0.2) is 0 Å². The molecule has 4 nitrogen and oxygen atoms in total. The number of benzene rings is 1. The molecule has 1 aromatic rings. The van der Waals surface area contributed by atoms with Gasteiger partial charge in [-0.1, -0.05) is 12.1 Å². The number of phenols is 1.